The van der Waals surface area contributed by atoms with Gasteiger partial charge in [-0.05, 0) is 24.3 Å². The molecule has 4 rings (SSSR count). The fourth-order valence-electron chi connectivity index (χ4n) is 2.69. The third kappa shape index (κ3) is 2.97. The third-order valence-electron chi connectivity index (χ3n) is 3.92. The molecule has 2 N–H and O–H groups in total. The Morgan fingerprint density at radius 3 is 3.08 bits per heavy atom. The summed E-state index contributed by atoms with van der Waals surface area (Å²) in [6.07, 6.45) is 4.30. The second kappa shape index (κ2) is 6.63. The molecule has 1 unspecified atom stereocenters. The van der Waals surface area contributed by atoms with Crippen LogP contribution in [0.15, 0.2) is 62.3 Å². The van der Waals surface area contributed by atoms with Crippen molar-refractivity contribution in [1.29, 1.82) is 0 Å². The maximum absolute atomic E-state index is 12.2. The van der Waals surface area contributed by atoms with E-state index in [1.165, 1.54) is 18.8 Å². The molecule has 3 heterocycles. The molecule has 2 aliphatic rings. The number of nitrogens with one attached hydrogen (secondary N) is 2. The van der Waals surface area contributed by atoms with Crippen LogP contribution < -0.4 is 10.9 Å². The first-order chi connectivity index (χ1) is 12.7. The van der Waals surface area contributed by atoms with E-state index in [1.54, 1.807) is 17.0 Å². The van der Waals surface area contributed by atoms with Crippen LogP contribution in [0.3, 0.4) is 0 Å². The molecule has 0 bridgehead atoms. The van der Waals surface area contributed by atoms with Gasteiger partial charge in [-0.25, -0.2) is 15.8 Å². The van der Waals surface area contributed by atoms with E-state index < -0.39 is 11.9 Å². The average molecular weight is 350 g/mol. The van der Waals surface area contributed by atoms with Crippen LogP contribution >= 0.6 is 0 Å². The number of amidine groups is 1. The first kappa shape index (κ1) is 15.8. The lowest BCUT2D eigenvalue weighted by molar-refractivity contribution is -0.130. The SMILES string of the molecule is O=C(CC1C(=O)NN=C2c3ccccc3N=CN21)N/N=C/c1ccco1. The first-order valence-corrected chi connectivity index (χ1v) is 7.87. The standard InChI is InChI=1S/C17H14N6O3/c24-15(20-19-9-11-4-3-7-26-11)8-14-17(25)22-21-16-12-5-1-2-6-13(12)18-10-23(14)16/h1-7,9-10,14H,8H2,(H,20,24)(H,22,25)/b19-9+. The number of hydrazone groups is 2. The number of amides is 2. The summed E-state index contributed by atoms with van der Waals surface area (Å²) in [6, 6.07) is 10.1. The maximum atomic E-state index is 12.2. The third-order valence-corrected chi connectivity index (χ3v) is 3.92. The Bertz CT molecular complexity index is 932. The zero-order valence-electron chi connectivity index (χ0n) is 13.5. The molecule has 0 spiro atoms. The second-order valence-corrected chi connectivity index (χ2v) is 5.61. The fraction of sp³-hybridized carbons (Fsp3) is 0.118. The van der Waals surface area contributed by atoms with Crippen molar-refractivity contribution in [2.75, 3.05) is 0 Å². The molecule has 26 heavy (non-hydrogen) atoms. The Kier molecular flexibility index (Phi) is 4.02. The van der Waals surface area contributed by atoms with Gasteiger partial charge >= 0.3 is 0 Å². The summed E-state index contributed by atoms with van der Waals surface area (Å²) in [5.74, 6) is 0.258. The van der Waals surface area contributed by atoms with Crippen LogP contribution in [0.2, 0.25) is 0 Å². The number of para-hydroxylation sites is 1. The van der Waals surface area contributed by atoms with Crippen LogP contribution in [-0.4, -0.2) is 41.1 Å². The van der Waals surface area contributed by atoms with Gasteiger partial charge in [-0.1, -0.05) is 12.1 Å². The van der Waals surface area contributed by atoms with Gasteiger partial charge in [0.2, 0.25) is 5.91 Å². The predicted octanol–water partition coefficient (Wildman–Crippen LogP) is 0.955. The highest BCUT2D eigenvalue weighted by Crippen LogP contribution is 2.27. The molecular formula is C17H14N6O3. The Morgan fingerprint density at radius 2 is 2.23 bits per heavy atom. The van der Waals surface area contributed by atoms with E-state index in [2.05, 4.69) is 26.0 Å². The van der Waals surface area contributed by atoms with Crippen LogP contribution in [0.1, 0.15) is 17.7 Å². The number of furan rings is 1. The molecule has 0 saturated heterocycles. The van der Waals surface area contributed by atoms with Crippen LogP contribution in [0.5, 0.6) is 0 Å². The molecule has 9 nitrogen and oxygen atoms in total. The van der Waals surface area contributed by atoms with E-state index in [1.807, 2.05) is 24.3 Å². The molecule has 9 heteroatoms. The van der Waals surface area contributed by atoms with Gasteiger partial charge in [0.15, 0.2) is 5.84 Å². The van der Waals surface area contributed by atoms with E-state index in [0.717, 1.165) is 11.3 Å². The number of nitrogens with zero attached hydrogens (tertiary/aromatic N) is 4. The maximum Gasteiger partial charge on any atom is 0.263 e. The van der Waals surface area contributed by atoms with Gasteiger partial charge in [0.05, 0.1) is 30.9 Å². The van der Waals surface area contributed by atoms with Crippen LogP contribution in [0.4, 0.5) is 5.69 Å². The van der Waals surface area contributed by atoms with Gasteiger partial charge in [0, 0.05) is 5.56 Å². The lowest BCUT2D eigenvalue weighted by atomic mass is 10.1. The van der Waals surface area contributed by atoms with Gasteiger partial charge in [0.25, 0.3) is 5.91 Å². The number of carbonyl (C=O) groups excluding carboxylic acids is 2. The summed E-state index contributed by atoms with van der Waals surface area (Å²) in [4.78, 5) is 30.3. The summed E-state index contributed by atoms with van der Waals surface area (Å²) in [6.45, 7) is 0. The van der Waals surface area contributed by atoms with Crippen molar-refractivity contribution in [2.24, 2.45) is 15.2 Å². The minimum atomic E-state index is -0.765. The summed E-state index contributed by atoms with van der Waals surface area (Å²) >= 11 is 0. The molecule has 1 aromatic heterocycles. The monoisotopic (exact) mass is 350 g/mol. The number of hydrogen-bond acceptors (Lipinski definition) is 7. The number of hydrogen-bond donors (Lipinski definition) is 2. The Hall–Kier alpha value is -3.75. The summed E-state index contributed by atoms with van der Waals surface area (Å²) < 4.78 is 5.08. The highest BCUT2D eigenvalue weighted by molar-refractivity contribution is 6.14. The number of carbonyl (C=O) groups is 2. The molecule has 1 atom stereocenters. The lowest BCUT2D eigenvalue weighted by Crippen LogP contribution is -2.55. The average Bonchev–Trinajstić information content (AvgIpc) is 3.17. The molecule has 0 saturated carbocycles. The largest absolute Gasteiger partial charge is 0.463 e. The van der Waals surface area contributed by atoms with Crippen molar-refractivity contribution in [3.05, 3.63) is 54.0 Å². The van der Waals surface area contributed by atoms with Crippen molar-refractivity contribution < 1.29 is 14.0 Å². The smallest absolute Gasteiger partial charge is 0.263 e. The quantitative estimate of drug-likeness (QED) is 0.632. The van der Waals surface area contributed by atoms with Gasteiger partial charge < -0.3 is 9.32 Å². The van der Waals surface area contributed by atoms with Crippen LogP contribution in [-0.2, 0) is 9.59 Å². The fourth-order valence-corrected chi connectivity index (χ4v) is 2.69. The Morgan fingerprint density at radius 1 is 1.35 bits per heavy atom. The lowest BCUT2D eigenvalue weighted by Gasteiger charge is -2.34. The summed E-state index contributed by atoms with van der Waals surface area (Å²) in [5, 5.41) is 7.92. The van der Waals surface area contributed by atoms with Crippen molar-refractivity contribution in [3.8, 4) is 0 Å². The molecule has 0 radical (unpaired) electrons. The van der Waals surface area contributed by atoms with Crippen LogP contribution in [0.25, 0.3) is 0 Å². The van der Waals surface area contributed by atoms with E-state index in [4.69, 9.17) is 4.42 Å². The predicted molar refractivity (Wildman–Crippen MR) is 94.0 cm³/mol. The van der Waals surface area contributed by atoms with Gasteiger partial charge in [-0.15, -0.1) is 0 Å². The molecule has 130 valence electrons. The molecule has 0 fully saturated rings. The Balaban J connectivity index is 1.48. The Labute approximate surface area is 148 Å². The van der Waals surface area contributed by atoms with Gasteiger partial charge in [0.1, 0.15) is 11.8 Å². The topological polar surface area (TPSA) is 112 Å². The summed E-state index contributed by atoms with van der Waals surface area (Å²) in [7, 11) is 0. The summed E-state index contributed by atoms with van der Waals surface area (Å²) in [5.41, 5.74) is 6.39. The van der Waals surface area contributed by atoms with Crippen molar-refractivity contribution in [2.45, 2.75) is 12.5 Å². The number of rotatable bonds is 4. The zero-order chi connectivity index (χ0) is 17.9. The highest BCUT2D eigenvalue weighted by Gasteiger charge is 2.36. The normalized spacial score (nSPS) is 18.2. The molecular weight excluding hydrogens is 336 g/mol. The van der Waals surface area contributed by atoms with Crippen molar-refractivity contribution in [1.82, 2.24) is 15.8 Å². The van der Waals surface area contributed by atoms with E-state index >= 15 is 0 Å². The van der Waals surface area contributed by atoms with Gasteiger partial charge in [-0.3, -0.25) is 9.59 Å². The van der Waals surface area contributed by atoms with Crippen molar-refractivity contribution in [3.63, 3.8) is 0 Å². The first-order valence-electron chi connectivity index (χ1n) is 7.87. The molecule has 2 aromatic rings. The van der Waals surface area contributed by atoms with Crippen molar-refractivity contribution >= 4 is 35.9 Å². The molecule has 1 aromatic carbocycles. The number of aliphatic imine (C=N–C) groups is 1. The molecule has 0 aliphatic carbocycles. The molecule has 2 aliphatic heterocycles. The van der Waals surface area contributed by atoms with E-state index in [-0.39, 0.29) is 12.3 Å². The highest BCUT2D eigenvalue weighted by atomic mass is 16.3. The van der Waals surface area contributed by atoms with E-state index in [9.17, 15) is 9.59 Å². The zero-order valence-corrected chi connectivity index (χ0v) is 13.5. The second-order valence-electron chi connectivity index (χ2n) is 5.61. The minimum absolute atomic E-state index is 0.103. The van der Waals surface area contributed by atoms with Gasteiger partial charge in [-0.2, -0.15) is 10.2 Å². The van der Waals surface area contributed by atoms with Crippen LogP contribution in [0, 0.1) is 0 Å². The molecule has 2 amide bonds. The number of benzene rings is 1. The minimum Gasteiger partial charge on any atom is -0.463 e. The number of fused-ring (bicyclic) bond motifs is 3. The van der Waals surface area contributed by atoms with E-state index in [0.29, 0.717) is 11.6 Å².